The number of rotatable bonds is 4. The number of ether oxygens (including phenoxy) is 1. The first-order chi connectivity index (χ1) is 11.4. The number of carbonyl (C=O) groups excluding carboxylic acids is 1. The highest BCUT2D eigenvalue weighted by molar-refractivity contribution is 7.98. The van der Waals surface area contributed by atoms with Crippen LogP contribution in [0.2, 0.25) is 0 Å². The summed E-state index contributed by atoms with van der Waals surface area (Å²) in [4.78, 5) is 30.7. The van der Waals surface area contributed by atoms with Crippen molar-refractivity contribution in [2.75, 3.05) is 7.11 Å². The molecule has 3 heterocycles. The predicted octanol–water partition coefficient (Wildman–Crippen LogP) is 3.28. The molecule has 3 rings (SSSR count). The van der Waals surface area contributed by atoms with Crippen LogP contribution in [0.4, 0.5) is 0 Å². The Morgan fingerprint density at radius 1 is 1.46 bits per heavy atom. The first kappa shape index (κ1) is 16.8. The van der Waals surface area contributed by atoms with Crippen molar-refractivity contribution in [1.82, 2.24) is 9.55 Å². The second-order valence-corrected chi connectivity index (χ2v) is 7.42. The van der Waals surface area contributed by atoms with E-state index in [1.54, 1.807) is 17.7 Å². The highest BCUT2D eigenvalue weighted by atomic mass is 32.2. The van der Waals surface area contributed by atoms with Gasteiger partial charge in [0.05, 0.1) is 18.8 Å². The quantitative estimate of drug-likeness (QED) is 0.402. The average Bonchev–Trinajstić information content (AvgIpc) is 3.14. The lowest BCUT2D eigenvalue weighted by Crippen LogP contribution is -2.19. The van der Waals surface area contributed by atoms with Crippen LogP contribution >= 0.6 is 23.1 Å². The molecule has 0 aliphatic rings. The number of esters is 1. The van der Waals surface area contributed by atoms with E-state index in [0.29, 0.717) is 21.9 Å². The third-order valence-corrected chi connectivity index (χ3v) is 6.02. The summed E-state index contributed by atoms with van der Waals surface area (Å²) in [5.74, 6) is 0.118. The molecule has 3 aromatic rings. The van der Waals surface area contributed by atoms with Gasteiger partial charge in [-0.2, -0.15) is 0 Å². The first-order valence-corrected chi connectivity index (χ1v) is 8.98. The second kappa shape index (κ2) is 6.45. The van der Waals surface area contributed by atoms with Gasteiger partial charge in [0, 0.05) is 23.2 Å². The molecular formula is C16H16N2O4S2. The van der Waals surface area contributed by atoms with Crippen LogP contribution in [0.25, 0.3) is 10.2 Å². The van der Waals surface area contributed by atoms with Crippen molar-refractivity contribution < 1.29 is 13.9 Å². The summed E-state index contributed by atoms with van der Waals surface area (Å²) >= 11 is 2.90. The molecule has 126 valence electrons. The van der Waals surface area contributed by atoms with Gasteiger partial charge in [0.2, 0.25) is 5.76 Å². The molecule has 0 aliphatic heterocycles. The zero-order valence-electron chi connectivity index (χ0n) is 13.7. The Balaban J connectivity index is 1.94. The summed E-state index contributed by atoms with van der Waals surface area (Å²) in [6.45, 7) is 3.93. The minimum Gasteiger partial charge on any atom is -0.463 e. The lowest BCUT2D eigenvalue weighted by Gasteiger charge is -2.07. The molecule has 0 radical (unpaired) electrons. The number of carbonyl (C=O) groups is 1. The van der Waals surface area contributed by atoms with Gasteiger partial charge in [-0.25, -0.2) is 9.78 Å². The molecule has 0 aliphatic carbocycles. The van der Waals surface area contributed by atoms with Gasteiger partial charge in [-0.3, -0.25) is 9.36 Å². The van der Waals surface area contributed by atoms with Gasteiger partial charge >= 0.3 is 5.97 Å². The molecule has 0 N–H and O–H groups in total. The Morgan fingerprint density at radius 3 is 2.92 bits per heavy atom. The molecule has 0 bridgehead atoms. The molecule has 0 saturated heterocycles. The maximum atomic E-state index is 12.6. The van der Waals surface area contributed by atoms with Gasteiger partial charge in [0.1, 0.15) is 4.83 Å². The fourth-order valence-electron chi connectivity index (χ4n) is 2.35. The molecule has 0 saturated carbocycles. The third kappa shape index (κ3) is 2.76. The monoisotopic (exact) mass is 364 g/mol. The Kier molecular flexibility index (Phi) is 4.51. The Bertz CT molecular complexity index is 984. The molecular weight excluding hydrogens is 348 g/mol. The number of thiophene rings is 1. The summed E-state index contributed by atoms with van der Waals surface area (Å²) < 4.78 is 11.4. The fourth-order valence-corrected chi connectivity index (χ4v) is 4.37. The van der Waals surface area contributed by atoms with Crippen LogP contribution in [0.3, 0.4) is 0 Å². The molecule has 0 spiro atoms. The van der Waals surface area contributed by atoms with Crippen molar-refractivity contribution in [3.63, 3.8) is 0 Å². The fraction of sp³-hybridized carbons (Fsp3) is 0.312. The van der Waals surface area contributed by atoms with Gasteiger partial charge < -0.3 is 9.15 Å². The molecule has 8 heteroatoms. The van der Waals surface area contributed by atoms with Crippen LogP contribution in [0, 0.1) is 13.8 Å². The Labute approximate surface area is 146 Å². The number of methoxy groups -OCH3 is 1. The number of hydrogen-bond acceptors (Lipinski definition) is 7. The van der Waals surface area contributed by atoms with E-state index in [1.165, 1.54) is 36.5 Å². The zero-order chi connectivity index (χ0) is 17.4. The summed E-state index contributed by atoms with van der Waals surface area (Å²) in [7, 11) is 3.02. The zero-order valence-corrected chi connectivity index (χ0v) is 15.3. The number of aryl methyl sites for hydroxylation is 2. The number of thioether (sulfide) groups is 1. The minimum absolute atomic E-state index is 0.0512. The third-order valence-electron chi connectivity index (χ3n) is 3.84. The van der Waals surface area contributed by atoms with E-state index in [1.807, 2.05) is 13.8 Å². The molecule has 0 fully saturated rings. The molecule has 0 atom stereocenters. The van der Waals surface area contributed by atoms with E-state index in [4.69, 9.17) is 9.15 Å². The summed E-state index contributed by atoms with van der Waals surface area (Å²) in [6, 6.07) is 1.72. The average molecular weight is 364 g/mol. The van der Waals surface area contributed by atoms with Crippen molar-refractivity contribution >= 4 is 39.3 Å². The number of hydrogen-bond donors (Lipinski definition) is 0. The van der Waals surface area contributed by atoms with Gasteiger partial charge in [-0.15, -0.1) is 11.3 Å². The van der Waals surface area contributed by atoms with E-state index < -0.39 is 5.97 Å². The van der Waals surface area contributed by atoms with Crippen LogP contribution in [-0.2, 0) is 17.5 Å². The molecule has 3 aromatic heterocycles. The highest BCUT2D eigenvalue weighted by Gasteiger charge is 2.18. The minimum atomic E-state index is -0.516. The van der Waals surface area contributed by atoms with Crippen molar-refractivity contribution in [1.29, 1.82) is 0 Å². The maximum Gasteiger partial charge on any atom is 0.374 e. The van der Waals surface area contributed by atoms with Gasteiger partial charge in [0.15, 0.2) is 5.16 Å². The van der Waals surface area contributed by atoms with Crippen LogP contribution in [-0.4, -0.2) is 22.6 Å². The SMILES string of the molecule is COC(=O)c1occc1CSc1nc2sc(C)c(C)c2c(=O)n1C. The molecule has 6 nitrogen and oxygen atoms in total. The van der Waals surface area contributed by atoms with E-state index in [-0.39, 0.29) is 11.3 Å². The lowest BCUT2D eigenvalue weighted by atomic mass is 10.2. The first-order valence-electron chi connectivity index (χ1n) is 7.18. The van der Waals surface area contributed by atoms with E-state index >= 15 is 0 Å². The van der Waals surface area contributed by atoms with Crippen molar-refractivity contribution in [2.24, 2.45) is 7.05 Å². The van der Waals surface area contributed by atoms with Crippen LogP contribution in [0.1, 0.15) is 26.6 Å². The maximum absolute atomic E-state index is 12.6. The van der Waals surface area contributed by atoms with Gasteiger partial charge in [-0.05, 0) is 25.5 Å². The van der Waals surface area contributed by atoms with Crippen LogP contribution in [0.15, 0.2) is 26.7 Å². The number of furan rings is 1. The molecule has 0 unspecified atom stereocenters. The van der Waals surface area contributed by atoms with E-state index in [2.05, 4.69) is 4.98 Å². The largest absolute Gasteiger partial charge is 0.463 e. The summed E-state index contributed by atoms with van der Waals surface area (Å²) in [5, 5.41) is 1.29. The summed E-state index contributed by atoms with van der Waals surface area (Å²) in [5.41, 5.74) is 1.65. The normalized spacial score (nSPS) is 11.2. The highest BCUT2D eigenvalue weighted by Crippen LogP contribution is 2.29. The number of aromatic nitrogens is 2. The smallest absolute Gasteiger partial charge is 0.374 e. The standard InChI is InChI=1S/C16H16N2O4S2/c1-8-9(2)24-13-11(8)14(19)18(3)16(17-13)23-7-10-5-6-22-12(10)15(20)21-4/h5-6H,7H2,1-4H3. The molecule has 0 aromatic carbocycles. The van der Waals surface area contributed by atoms with E-state index in [9.17, 15) is 9.59 Å². The van der Waals surface area contributed by atoms with Gasteiger partial charge in [0.25, 0.3) is 5.56 Å². The van der Waals surface area contributed by atoms with Crippen molar-refractivity contribution in [2.45, 2.75) is 24.8 Å². The topological polar surface area (TPSA) is 74.3 Å². The van der Waals surface area contributed by atoms with Crippen LogP contribution < -0.4 is 5.56 Å². The summed E-state index contributed by atoms with van der Waals surface area (Å²) in [6.07, 6.45) is 1.45. The van der Waals surface area contributed by atoms with Crippen molar-refractivity contribution in [3.05, 3.63) is 44.4 Å². The molecule has 24 heavy (non-hydrogen) atoms. The Hall–Kier alpha value is -2.06. The number of nitrogens with zero attached hydrogens (tertiary/aromatic N) is 2. The second-order valence-electron chi connectivity index (χ2n) is 5.28. The lowest BCUT2D eigenvalue weighted by molar-refractivity contribution is 0.0564. The van der Waals surface area contributed by atoms with Crippen LogP contribution in [0.5, 0.6) is 0 Å². The van der Waals surface area contributed by atoms with E-state index in [0.717, 1.165) is 15.3 Å². The Morgan fingerprint density at radius 2 is 2.21 bits per heavy atom. The predicted molar refractivity (Wildman–Crippen MR) is 93.9 cm³/mol. The number of fused-ring (bicyclic) bond motifs is 1. The van der Waals surface area contributed by atoms with Gasteiger partial charge in [-0.1, -0.05) is 11.8 Å². The molecule has 0 amide bonds. The van der Waals surface area contributed by atoms with Crippen molar-refractivity contribution in [3.8, 4) is 0 Å².